The van der Waals surface area contributed by atoms with Crippen LogP contribution in [0.15, 0.2) is 53.5 Å². The Morgan fingerprint density at radius 1 is 1.19 bits per heavy atom. The van der Waals surface area contributed by atoms with Gasteiger partial charge in [-0.15, -0.1) is 11.6 Å². The van der Waals surface area contributed by atoms with Crippen LogP contribution in [0.25, 0.3) is 17.3 Å². The Kier molecular flexibility index (Phi) is 10.9. The topological polar surface area (TPSA) is 150 Å². The number of hydrogen-bond acceptors (Lipinski definition) is 7. The lowest BCUT2D eigenvalue weighted by Crippen LogP contribution is -2.34. The van der Waals surface area contributed by atoms with Gasteiger partial charge in [0.1, 0.15) is 11.4 Å². The lowest BCUT2D eigenvalue weighted by atomic mass is 9.82. The highest BCUT2D eigenvalue weighted by Crippen LogP contribution is 2.39. The Hall–Kier alpha value is -4.09. The fraction of sp³-hybridized carbons (Fsp3) is 0.364. The maximum atomic E-state index is 13.0. The summed E-state index contributed by atoms with van der Waals surface area (Å²) in [5.74, 6) is -1.28. The van der Waals surface area contributed by atoms with Gasteiger partial charge >= 0.3 is 0 Å². The van der Waals surface area contributed by atoms with Gasteiger partial charge < -0.3 is 10.0 Å². The molecule has 1 aliphatic heterocycles. The largest absolute Gasteiger partial charge is 0.494 e. The quantitative estimate of drug-likeness (QED) is 0.0701. The Balaban J connectivity index is 1.64. The molecular formula is C33H37ClN5O6S2+. The number of aromatic hydroxyl groups is 1. The second kappa shape index (κ2) is 14.4. The first-order valence-electron chi connectivity index (χ1n) is 15.0. The number of carbonyl (C=O) groups is 1. The van der Waals surface area contributed by atoms with Crippen LogP contribution in [0.3, 0.4) is 0 Å². The monoisotopic (exact) mass is 698 g/mol. The molecule has 3 aromatic rings. The van der Waals surface area contributed by atoms with Crippen LogP contribution in [0.1, 0.15) is 62.1 Å². The smallest absolute Gasteiger partial charge is 0.265 e. The van der Waals surface area contributed by atoms with E-state index in [-0.39, 0.29) is 47.5 Å². The van der Waals surface area contributed by atoms with Crippen LogP contribution in [-0.4, -0.2) is 56.2 Å². The number of rotatable bonds is 12. The number of allylic oxidation sites excluding steroid dienone is 3. The fourth-order valence-electron chi connectivity index (χ4n) is 5.78. The van der Waals surface area contributed by atoms with Crippen LogP contribution in [0.5, 0.6) is 5.88 Å². The van der Waals surface area contributed by atoms with Gasteiger partial charge in [0, 0.05) is 55.5 Å². The van der Waals surface area contributed by atoms with E-state index in [0.29, 0.717) is 24.2 Å². The van der Waals surface area contributed by atoms with Crippen LogP contribution in [-0.2, 0) is 40.0 Å². The van der Waals surface area contributed by atoms with Crippen LogP contribution < -0.4 is 10.1 Å². The summed E-state index contributed by atoms with van der Waals surface area (Å²) >= 11 is 11.2. The van der Waals surface area contributed by atoms with Crippen molar-refractivity contribution in [3.8, 4) is 17.6 Å². The van der Waals surface area contributed by atoms with E-state index in [1.165, 1.54) is 20.1 Å². The Bertz CT molecular complexity index is 2060. The first-order chi connectivity index (χ1) is 22.2. The van der Waals surface area contributed by atoms with Gasteiger partial charge in [-0.1, -0.05) is 12.1 Å². The number of nitriles is 1. The molecule has 0 saturated carbocycles. The number of benzene rings is 1. The predicted octanol–water partition coefficient (Wildman–Crippen LogP) is 4.51. The van der Waals surface area contributed by atoms with Crippen molar-refractivity contribution >= 4 is 51.5 Å². The minimum Gasteiger partial charge on any atom is -0.494 e. The number of hydrogen-bond donors (Lipinski definition) is 2. The van der Waals surface area contributed by atoms with E-state index in [1.54, 1.807) is 19.1 Å². The number of fused-ring (bicyclic) bond motifs is 3. The number of halogens is 1. The molecule has 2 aromatic heterocycles. The van der Waals surface area contributed by atoms with Gasteiger partial charge in [-0.2, -0.15) is 18.2 Å². The zero-order valence-corrected chi connectivity index (χ0v) is 29.0. The molecule has 0 bridgehead atoms. The Labute approximate surface area is 284 Å². The highest BCUT2D eigenvalue weighted by molar-refractivity contribution is 7.85. The number of pyridine rings is 1. The van der Waals surface area contributed by atoms with E-state index >= 15 is 0 Å². The zero-order chi connectivity index (χ0) is 34.7. The van der Waals surface area contributed by atoms with Crippen molar-refractivity contribution in [3.63, 3.8) is 0 Å². The van der Waals surface area contributed by atoms with Gasteiger partial charge in [0.05, 0.1) is 22.8 Å². The second-order valence-electron chi connectivity index (χ2n) is 11.6. The molecule has 248 valence electrons. The second-order valence-corrected chi connectivity index (χ2v) is 13.8. The molecule has 4 rings (SSSR count). The molecule has 47 heavy (non-hydrogen) atoms. The van der Waals surface area contributed by atoms with Crippen LogP contribution in [0, 0.1) is 16.1 Å². The van der Waals surface area contributed by atoms with Crippen molar-refractivity contribution in [2.75, 3.05) is 18.2 Å². The molecule has 0 saturated heterocycles. The first-order valence-corrected chi connectivity index (χ1v) is 17.6. The van der Waals surface area contributed by atoms with Crippen molar-refractivity contribution in [3.05, 3.63) is 91.8 Å². The summed E-state index contributed by atoms with van der Waals surface area (Å²) in [6.45, 7) is 8.83. The molecule has 0 spiro atoms. The minimum atomic E-state index is -4.15. The van der Waals surface area contributed by atoms with Gasteiger partial charge in [-0.05, 0) is 70.1 Å². The molecule has 11 nitrogen and oxygen atoms in total. The van der Waals surface area contributed by atoms with E-state index in [1.807, 2.05) is 48.0 Å². The molecule has 3 heterocycles. The van der Waals surface area contributed by atoms with Crippen LogP contribution >= 0.6 is 23.8 Å². The molecule has 0 radical (unpaired) electrons. The molecule has 0 aliphatic carbocycles. The third-order valence-electron chi connectivity index (χ3n) is 8.28. The summed E-state index contributed by atoms with van der Waals surface area (Å²) in [5, 5.41) is 20.8. The average molecular weight is 699 g/mol. The predicted molar refractivity (Wildman–Crippen MR) is 182 cm³/mol. The van der Waals surface area contributed by atoms with Crippen molar-refractivity contribution < 1.29 is 27.4 Å². The van der Waals surface area contributed by atoms with Crippen molar-refractivity contribution in [1.82, 2.24) is 14.0 Å². The third kappa shape index (κ3) is 7.41. The van der Waals surface area contributed by atoms with Crippen LogP contribution in [0.4, 0.5) is 0 Å². The van der Waals surface area contributed by atoms with E-state index in [9.17, 15) is 28.4 Å². The normalized spacial score (nSPS) is 13.8. The molecule has 2 N–H and O–H groups in total. The summed E-state index contributed by atoms with van der Waals surface area (Å²) in [6, 6.07) is 11.9. The average Bonchev–Trinajstić information content (AvgIpc) is 3.25. The maximum absolute atomic E-state index is 13.0. The van der Waals surface area contributed by atoms with E-state index in [2.05, 4.69) is 19.9 Å². The maximum Gasteiger partial charge on any atom is 0.265 e. The molecule has 0 fully saturated rings. The van der Waals surface area contributed by atoms with E-state index in [4.69, 9.17) is 28.4 Å². The summed E-state index contributed by atoms with van der Waals surface area (Å²) in [7, 11) is -4.15. The van der Waals surface area contributed by atoms with Gasteiger partial charge in [-0.3, -0.25) is 23.3 Å². The first kappa shape index (κ1) is 35.8. The molecule has 1 aliphatic rings. The lowest BCUT2D eigenvalue weighted by molar-refractivity contribution is -0.599. The van der Waals surface area contributed by atoms with Crippen molar-refractivity contribution in [2.45, 2.75) is 59.2 Å². The van der Waals surface area contributed by atoms with Gasteiger partial charge in [0.2, 0.25) is 17.5 Å². The molecule has 1 aromatic carbocycles. The van der Waals surface area contributed by atoms with Gasteiger partial charge in [0.25, 0.3) is 15.7 Å². The SMILES string of the molecule is CCn1c(O)c(C=CC=C(C#N)c2cc[n+]3c(c2)C(C)(C)c2cc(CN(CCCS(=O)(=O)O)C(=O)CCl)ccc2-3)c(=O)n(CC)c1=S. The molecular weight excluding hydrogens is 662 g/mol. The lowest BCUT2D eigenvalue weighted by Gasteiger charge is -2.22. The number of aromatic nitrogens is 3. The number of alkyl halides is 1. The van der Waals surface area contributed by atoms with Gasteiger partial charge in [0.15, 0.2) is 16.7 Å². The summed E-state index contributed by atoms with van der Waals surface area (Å²) in [6.07, 6.45) is 6.60. The highest BCUT2D eigenvalue weighted by atomic mass is 35.5. The molecule has 0 atom stereocenters. The molecule has 0 unspecified atom stereocenters. The number of amides is 1. The van der Waals surface area contributed by atoms with E-state index < -0.39 is 26.8 Å². The minimum absolute atomic E-state index is 0.0728. The highest BCUT2D eigenvalue weighted by Gasteiger charge is 2.44. The third-order valence-corrected chi connectivity index (χ3v) is 9.76. The number of nitrogens with zero attached hydrogens (tertiary/aromatic N) is 5. The molecule has 14 heteroatoms. The zero-order valence-electron chi connectivity index (χ0n) is 26.6. The van der Waals surface area contributed by atoms with Crippen molar-refractivity contribution in [2.24, 2.45) is 0 Å². The van der Waals surface area contributed by atoms with Gasteiger partial charge in [-0.25, -0.2) is 0 Å². The summed E-state index contributed by atoms with van der Waals surface area (Å²) < 4.78 is 36.6. The standard InChI is InChI=1S/C33H36ClN5O6S2/c1-5-37-30(41)25(31(42)38(6-2)32(37)46)10-7-9-24(20-35)23-13-15-39-27-12-11-22(17-26(27)33(3,4)28(39)18-23)21-36(29(40)19-34)14-8-16-47(43,44)45/h7,9-13,15,17-18H,5-6,8,14,16,19,21H2,1-4H3,(H,43,44,45)/p+1. The Morgan fingerprint density at radius 3 is 2.51 bits per heavy atom. The molecule has 1 amide bonds. The Morgan fingerprint density at radius 2 is 1.89 bits per heavy atom. The fourth-order valence-corrected chi connectivity index (χ4v) is 6.87. The van der Waals surface area contributed by atoms with Crippen LogP contribution in [0.2, 0.25) is 0 Å². The van der Waals surface area contributed by atoms with E-state index in [0.717, 1.165) is 22.5 Å². The van der Waals surface area contributed by atoms with Crippen molar-refractivity contribution in [1.29, 1.82) is 5.26 Å². The summed E-state index contributed by atoms with van der Waals surface area (Å²) in [5.41, 5.74) is 3.92. The summed E-state index contributed by atoms with van der Waals surface area (Å²) in [4.78, 5) is 27.0. The number of carbonyl (C=O) groups excluding carboxylic acids is 1.